The first-order valence-corrected chi connectivity index (χ1v) is 7.35. The molecule has 1 aliphatic rings. The second-order valence-corrected chi connectivity index (χ2v) is 6.21. The van der Waals surface area contributed by atoms with Crippen LogP contribution in [0.4, 0.5) is 10.5 Å². The van der Waals surface area contributed by atoms with Crippen molar-refractivity contribution < 1.29 is 4.79 Å². The molecule has 0 fully saturated rings. The molecule has 1 aromatic carbocycles. The number of nitrogens with zero attached hydrogens (tertiary/aromatic N) is 2. The summed E-state index contributed by atoms with van der Waals surface area (Å²) < 4.78 is 0. The molecular formula is C16H24N4O. The number of hydrogen-bond donors (Lipinski definition) is 2. The quantitative estimate of drug-likeness (QED) is 0.663. The van der Waals surface area contributed by atoms with Crippen LogP contribution in [-0.2, 0) is 0 Å². The number of amides is 2. The topological polar surface area (TPSA) is 70.7 Å². The molecule has 5 heteroatoms. The number of carbonyl (C=O) groups is 1. The van der Waals surface area contributed by atoms with E-state index < -0.39 is 6.03 Å². The molecular weight excluding hydrogens is 264 g/mol. The van der Waals surface area contributed by atoms with Crippen LogP contribution < -0.4 is 16.1 Å². The van der Waals surface area contributed by atoms with Crippen LogP contribution in [0.2, 0.25) is 0 Å². The van der Waals surface area contributed by atoms with E-state index in [1.54, 1.807) is 6.21 Å². The molecule has 1 aromatic rings. The number of urea groups is 1. The first-order valence-electron chi connectivity index (χ1n) is 7.35. The molecule has 0 saturated carbocycles. The largest absolute Gasteiger partial charge is 0.366 e. The van der Waals surface area contributed by atoms with E-state index in [-0.39, 0.29) is 5.54 Å². The van der Waals surface area contributed by atoms with E-state index in [2.05, 4.69) is 55.3 Å². The van der Waals surface area contributed by atoms with Crippen LogP contribution in [0.1, 0.15) is 51.2 Å². The van der Waals surface area contributed by atoms with E-state index in [4.69, 9.17) is 5.73 Å². The Morgan fingerprint density at radius 3 is 2.90 bits per heavy atom. The lowest BCUT2D eigenvalue weighted by atomic mass is 9.79. The maximum absolute atomic E-state index is 10.6. The molecule has 1 heterocycles. The van der Waals surface area contributed by atoms with Crippen molar-refractivity contribution in [2.75, 3.05) is 11.4 Å². The van der Waals surface area contributed by atoms with Crippen LogP contribution >= 0.6 is 0 Å². The van der Waals surface area contributed by atoms with Gasteiger partial charge in [0.05, 0.1) is 6.21 Å². The number of primary amides is 1. The summed E-state index contributed by atoms with van der Waals surface area (Å²) >= 11 is 0. The summed E-state index contributed by atoms with van der Waals surface area (Å²) in [5.74, 6) is 0.496. The lowest BCUT2D eigenvalue weighted by Gasteiger charge is -2.47. The van der Waals surface area contributed by atoms with Crippen molar-refractivity contribution in [3.8, 4) is 0 Å². The van der Waals surface area contributed by atoms with Crippen LogP contribution in [0, 0.1) is 0 Å². The molecule has 2 rings (SSSR count). The van der Waals surface area contributed by atoms with Crippen molar-refractivity contribution in [2.24, 2.45) is 10.8 Å². The lowest BCUT2D eigenvalue weighted by Crippen LogP contribution is -2.48. The molecule has 0 aliphatic carbocycles. The molecule has 0 radical (unpaired) electrons. The van der Waals surface area contributed by atoms with Gasteiger partial charge in [0.2, 0.25) is 0 Å². The molecule has 5 nitrogen and oxygen atoms in total. The Balaban J connectivity index is 2.33. The zero-order valence-corrected chi connectivity index (χ0v) is 13.2. The van der Waals surface area contributed by atoms with Crippen molar-refractivity contribution in [3.63, 3.8) is 0 Å². The lowest BCUT2D eigenvalue weighted by molar-refractivity contribution is 0.249. The molecule has 0 spiro atoms. The summed E-state index contributed by atoms with van der Waals surface area (Å²) in [4.78, 5) is 13.1. The zero-order valence-electron chi connectivity index (χ0n) is 13.2. The summed E-state index contributed by atoms with van der Waals surface area (Å²) in [5.41, 5.74) is 11.0. The van der Waals surface area contributed by atoms with E-state index in [0.29, 0.717) is 5.92 Å². The number of carbonyl (C=O) groups excluding carboxylic acids is 1. The molecule has 1 atom stereocenters. The highest BCUT2D eigenvalue weighted by atomic mass is 16.2. The summed E-state index contributed by atoms with van der Waals surface area (Å²) in [6.45, 7) is 10.0. The third-order valence-corrected chi connectivity index (χ3v) is 4.11. The third kappa shape index (κ3) is 3.17. The monoisotopic (exact) mass is 288 g/mol. The van der Waals surface area contributed by atoms with Crippen LogP contribution in [0.5, 0.6) is 0 Å². The summed E-state index contributed by atoms with van der Waals surface area (Å²) in [6, 6.07) is 5.64. The van der Waals surface area contributed by atoms with Gasteiger partial charge in [0.15, 0.2) is 0 Å². The second kappa shape index (κ2) is 5.76. The van der Waals surface area contributed by atoms with Crippen LogP contribution in [0.25, 0.3) is 0 Å². The van der Waals surface area contributed by atoms with Gasteiger partial charge in [0.1, 0.15) is 0 Å². The Labute approximate surface area is 126 Å². The number of nitrogens with two attached hydrogens (primary N) is 1. The zero-order chi connectivity index (χ0) is 15.6. The van der Waals surface area contributed by atoms with Crippen molar-refractivity contribution in [1.29, 1.82) is 0 Å². The Morgan fingerprint density at radius 2 is 2.29 bits per heavy atom. The van der Waals surface area contributed by atoms with E-state index in [1.807, 2.05) is 6.07 Å². The number of anilines is 1. The van der Waals surface area contributed by atoms with Crippen molar-refractivity contribution in [3.05, 3.63) is 29.3 Å². The molecule has 3 N–H and O–H groups in total. The molecule has 2 amide bonds. The van der Waals surface area contributed by atoms with E-state index in [9.17, 15) is 4.79 Å². The number of benzene rings is 1. The van der Waals surface area contributed by atoms with E-state index in [0.717, 1.165) is 18.5 Å². The average molecular weight is 288 g/mol. The summed E-state index contributed by atoms with van der Waals surface area (Å²) in [6.07, 6.45) is 2.74. The predicted molar refractivity (Wildman–Crippen MR) is 86.9 cm³/mol. The fourth-order valence-corrected chi connectivity index (χ4v) is 3.36. The Kier molecular flexibility index (Phi) is 4.21. The number of hydrazone groups is 1. The minimum atomic E-state index is -0.656. The van der Waals surface area contributed by atoms with Gasteiger partial charge in [-0.25, -0.2) is 10.2 Å². The minimum Gasteiger partial charge on any atom is -0.366 e. The first-order chi connectivity index (χ1) is 9.85. The average Bonchev–Trinajstić information content (AvgIpc) is 2.38. The molecule has 0 bridgehead atoms. The van der Waals surface area contributed by atoms with Crippen LogP contribution in [-0.4, -0.2) is 24.3 Å². The van der Waals surface area contributed by atoms with Gasteiger partial charge >= 0.3 is 6.03 Å². The van der Waals surface area contributed by atoms with Crippen molar-refractivity contribution in [1.82, 2.24) is 5.43 Å². The summed E-state index contributed by atoms with van der Waals surface area (Å²) in [7, 11) is 0. The Bertz CT molecular complexity index is 565. The van der Waals surface area contributed by atoms with Gasteiger partial charge in [0, 0.05) is 17.8 Å². The van der Waals surface area contributed by atoms with Gasteiger partial charge < -0.3 is 10.6 Å². The molecule has 114 valence electrons. The number of fused-ring (bicyclic) bond motifs is 1. The summed E-state index contributed by atoms with van der Waals surface area (Å²) in [5, 5.41) is 3.82. The Morgan fingerprint density at radius 1 is 1.57 bits per heavy atom. The number of rotatable bonds is 3. The standard InChI is InChI=1S/C16H24N4O/c1-5-20-14-7-6-12(10-18-19-15(17)21)8-13(14)11(2)9-16(20,3)4/h6-8,10-11H,5,9H2,1-4H3,(H3,17,19,21)/b18-10-/t11-/m0/s1. The van der Waals surface area contributed by atoms with Crippen LogP contribution in [0.3, 0.4) is 0 Å². The van der Waals surface area contributed by atoms with Gasteiger partial charge in [-0.1, -0.05) is 13.0 Å². The fourth-order valence-electron chi connectivity index (χ4n) is 3.36. The van der Waals surface area contributed by atoms with E-state index >= 15 is 0 Å². The molecule has 0 aromatic heterocycles. The maximum Gasteiger partial charge on any atom is 0.332 e. The SMILES string of the molecule is CCN1c2ccc(/C=N\NC(N)=O)cc2[C@@H](C)CC1(C)C. The number of nitrogens with one attached hydrogen (secondary N) is 1. The smallest absolute Gasteiger partial charge is 0.332 e. The molecule has 0 saturated heterocycles. The predicted octanol–water partition coefficient (Wildman–Crippen LogP) is 2.80. The van der Waals surface area contributed by atoms with Gasteiger partial charge in [-0.05, 0) is 56.4 Å². The fraction of sp³-hybridized carbons (Fsp3) is 0.500. The minimum absolute atomic E-state index is 0.171. The normalized spacial score (nSPS) is 20.4. The van der Waals surface area contributed by atoms with Gasteiger partial charge in [-0.15, -0.1) is 0 Å². The van der Waals surface area contributed by atoms with Crippen molar-refractivity contribution >= 4 is 17.9 Å². The van der Waals surface area contributed by atoms with E-state index in [1.165, 1.54) is 11.3 Å². The second-order valence-electron chi connectivity index (χ2n) is 6.21. The highest BCUT2D eigenvalue weighted by Gasteiger charge is 2.35. The first kappa shape index (κ1) is 15.4. The maximum atomic E-state index is 10.6. The molecule has 21 heavy (non-hydrogen) atoms. The van der Waals surface area contributed by atoms with Crippen molar-refractivity contribution in [2.45, 2.75) is 45.6 Å². The van der Waals surface area contributed by atoms with Gasteiger partial charge in [-0.2, -0.15) is 5.10 Å². The molecule has 1 aliphatic heterocycles. The Hall–Kier alpha value is -2.04. The third-order valence-electron chi connectivity index (χ3n) is 4.11. The van der Waals surface area contributed by atoms with Gasteiger partial charge in [0.25, 0.3) is 0 Å². The highest BCUT2D eigenvalue weighted by molar-refractivity contribution is 5.83. The number of hydrogen-bond acceptors (Lipinski definition) is 3. The molecule has 0 unspecified atom stereocenters. The van der Waals surface area contributed by atoms with Crippen LogP contribution in [0.15, 0.2) is 23.3 Å². The van der Waals surface area contributed by atoms with Gasteiger partial charge in [-0.3, -0.25) is 0 Å². The highest BCUT2D eigenvalue weighted by Crippen LogP contribution is 2.43.